The molecule has 0 amide bonds. The zero-order valence-electron chi connectivity index (χ0n) is 11.9. The fourth-order valence-electron chi connectivity index (χ4n) is 2.73. The van der Waals surface area contributed by atoms with Gasteiger partial charge in [-0.05, 0) is 12.8 Å². The third-order valence-electron chi connectivity index (χ3n) is 3.95. The summed E-state index contributed by atoms with van der Waals surface area (Å²) in [6.07, 6.45) is 17.2. The molecule has 0 N–H and O–H groups in total. The van der Waals surface area contributed by atoms with Crippen molar-refractivity contribution < 1.29 is 0 Å². The van der Waals surface area contributed by atoms with Gasteiger partial charge in [0.15, 0.2) is 0 Å². The zero-order chi connectivity index (χ0) is 12.9. The lowest BCUT2D eigenvalue weighted by Gasteiger charge is -2.15. The van der Waals surface area contributed by atoms with Crippen LogP contribution in [0.4, 0.5) is 0 Å². The molecule has 1 fully saturated rings. The highest BCUT2D eigenvalue weighted by Crippen LogP contribution is 2.14. The van der Waals surface area contributed by atoms with Gasteiger partial charge in [0, 0.05) is 13.1 Å². The van der Waals surface area contributed by atoms with Gasteiger partial charge in [0.25, 0.3) is 0 Å². The van der Waals surface area contributed by atoms with E-state index in [4.69, 9.17) is 0 Å². The van der Waals surface area contributed by atoms with Crippen LogP contribution in [0.5, 0.6) is 0 Å². The molecule has 0 bridgehead atoms. The molecular weight excluding hydrogens is 224 g/mol. The van der Waals surface area contributed by atoms with E-state index in [1.807, 2.05) is 0 Å². The van der Waals surface area contributed by atoms with Crippen molar-refractivity contribution in [2.75, 3.05) is 13.1 Å². The molecule has 3 nitrogen and oxygen atoms in total. The van der Waals surface area contributed by atoms with Crippen LogP contribution in [0.25, 0.3) is 0 Å². The van der Waals surface area contributed by atoms with E-state index >= 15 is 0 Å². The number of nitroso groups, excluding NO2 is 1. The Bertz CT molecular complexity index is 181. The minimum atomic E-state index is 0.865. The maximum absolute atomic E-state index is 10.7. The van der Waals surface area contributed by atoms with Gasteiger partial charge in [-0.3, -0.25) is 5.01 Å². The number of nitrogens with zero attached hydrogens (tertiary/aromatic N) is 2. The van der Waals surface area contributed by atoms with Gasteiger partial charge in [-0.15, -0.1) is 4.91 Å². The first-order valence-corrected chi connectivity index (χ1v) is 8.02. The molecule has 106 valence electrons. The fraction of sp³-hybridized carbons (Fsp3) is 1.00. The summed E-state index contributed by atoms with van der Waals surface area (Å²) in [6.45, 7) is 1.73. The summed E-state index contributed by atoms with van der Waals surface area (Å²) in [6, 6.07) is 0. The Hall–Kier alpha value is -0.600. The van der Waals surface area contributed by atoms with E-state index in [1.54, 1.807) is 5.01 Å². The average molecular weight is 254 g/mol. The van der Waals surface area contributed by atoms with Gasteiger partial charge in [-0.25, -0.2) is 0 Å². The molecular formula is C15H30N2O. The van der Waals surface area contributed by atoms with E-state index < -0.39 is 0 Å². The van der Waals surface area contributed by atoms with Crippen molar-refractivity contribution in [2.45, 2.75) is 83.5 Å². The van der Waals surface area contributed by atoms with Crippen molar-refractivity contribution in [1.82, 2.24) is 5.01 Å². The third-order valence-corrected chi connectivity index (χ3v) is 3.95. The third kappa shape index (κ3) is 8.48. The fourth-order valence-corrected chi connectivity index (χ4v) is 2.73. The Morgan fingerprint density at radius 1 is 0.500 bits per heavy atom. The first-order valence-electron chi connectivity index (χ1n) is 8.02. The molecule has 18 heavy (non-hydrogen) atoms. The van der Waals surface area contributed by atoms with E-state index in [2.05, 4.69) is 5.29 Å². The second kappa shape index (κ2) is 11.5. The summed E-state index contributed by atoms with van der Waals surface area (Å²) >= 11 is 0. The highest BCUT2D eigenvalue weighted by atomic mass is 16.3. The maximum atomic E-state index is 10.7. The van der Waals surface area contributed by atoms with E-state index in [-0.39, 0.29) is 0 Å². The Morgan fingerprint density at radius 2 is 0.778 bits per heavy atom. The van der Waals surface area contributed by atoms with E-state index in [0.717, 1.165) is 25.9 Å². The largest absolute Gasteiger partial charge is 0.261 e. The topological polar surface area (TPSA) is 32.7 Å². The molecule has 0 aromatic carbocycles. The molecule has 0 aromatic heterocycles. The molecule has 0 spiro atoms. The summed E-state index contributed by atoms with van der Waals surface area (Å²) in [4.78, 5) is 10.7. The van der Waals surface area contributed by atoms with Crippen molar-refractivity contribution in [3.05, 3.63) is 4.91 Å². The van der Waals surface area contributed by atoms with Crippen LogP contribution in [0.15, 0.2) is 5.29 Å². The van der Waals surface area contributed by atoms with Crippen LogP contribution in [0.2, 0.25) is 0 Å². The van der Waals surface area contributed by atoms with Crippen LogP contribution >= 0.6 is 0 Å². The summed E-state index contributed by atoms with van der Waals surface area (Å²) in [7, 11) is 0. The quantitative estimate of drug-likeness (QED) is 0.613. The monoisotopic (exact) mass is 254 g/mol. The van der Waals surface area contributed by atoms with Crippen molar-refractivity contribution >= 4 is 0 Å². The van der Waals surface area contributed by atoms with Crippen LogP contribution < -0.4 is 0 Å². The smallest absolute Gasteiger partial charge is 0.0523 e. The first-order chi connectivity index (χ1) is 8.93. The molecule has 3 heteroatoms. The molecule has 1 heterocycles. The van der Waals surface area contributed by atoms with Crippen LogP contribution in [-0.2, 0) is 0 Å². The van der Waals surface area contributed by atoms with Gasteiger partial charge in [0.2, 0.25) is 0 Å². The highest BCUT2D eigenvalue weighted by molar-refractivity contribution is 4.56. The van der Waals surface area contributed by atoms with Crippen LogP contribution in [0.3, 0.4) is 0 Å². The van der Waals surface area contributed by atoms with Gasteiger partial charge in [-0.1, -0.05) is 70.6 Å². The lowest BCUT2D eigenvalue weighted by atomic mass is 10.0. The Labute approximate surface area is 112 Å². The van der Waals surface area contributed by atoms with Gasteiger partial charge in [0.1, 0.15) is 0 Å². The standard InChI is InChI=1S/C15H30N2O/c18-16-17-14-12-10-8-6-4-2-1-3-5-7-9-11-13-15-17/h1-15H2. The number of rotatable bonds is 1. The van der Waals surface area contributed by atoms with Gasteiger partial charge < -0.3 is 0 Å². The predicted octanol–water partition coefficient (Wildman–Crippen LogP) is 5.05. The van der Waals surface area contributed by atoms with Crippen LogP contribution in [-0.4, -0.2) is 18.1 Å². The van der Waals surface area contributed by atoms with Crippen molar-refractivity contribution in [1.29, 1.82) is 0 Å². The van der Waals surface area contributed by atoms with Crippen molar-refractivity contribution in [2.24, 2.45) is 5.29 Å². The van der Waals surface area contributed by atoms with Crippen molar-refractivity contribution in [3.8, 4) is 0 Å². The molecule has 1 aliphatic rings. The van der Waals surface area contributed by atoms with Gasteiger partial charge in [0.05, 0.1) is 5.29 Å². The summed E-state index contributed by atoms with van der Waals surface area (Å²) in [5, 5.41) is 4.86. The molecule has 0 aliphatic carbocycles. The average Bonchev–Trinajstić information content (AvgIpc) is 2.39. The maximum Gasteiger partial charge on any atom is 0.0523 e. The Balaban J connectivity index is 2.17. The normalized spacial score (nSPS) is 22.6. The molecule has 0 saturated carbocycles. The molecule has 0 atom stereocenters. The highest BCUT2D eigenvalue weighted by Gasteiger charge is 2.03. The first kappa shape index (κ1) is 15.5. The lowest BCUT2D eigenvalue weighted by Crippen LogP contribution is -2.19. The number of hydrogen-bond acceptors (Lipinski definition) is 2. The second-order valence-corrected chi connectivity index (χ2v) is 5.63. The molecule has 1 rings (SSSR count). The zero-order valence-corrected chi connectivity index (χ0v) is 11.9. The molecule has 1 aliphatic heterocycles. The molecule has 0 radical (unpaired) electrons. The SMILES string of the molecule is O=NN1CCCCCCCCCCCCCCC1. The predicted molar refractivity (Wildman–Crippen MR) is 77.4 cm³/mol. The van der Waals surface area contributed by atoms with E-state index in [1.165, 1.54) is 70.6 Å². The van der Waals surface area contributed by atoms with Crippen LogP contribution in [0.1, 0.15) is 83.5 Å². The molecule has 0 aromatic rings. The Morgan fingerprint density at radius 3 is 1.06 bits per heavy atom. The molecule has 0 unspecified atom stereocenters. The summed E-state index contributed by atoms with van der Waals surface area (Å²) in [5.41, 5.74) is 0. The van der Waals surface area contributed by atoms with Gasteiger partial charge in [-0.2, -0.15) is 0 Å². The van der Waals surface area contributed by atoms with E-state index in [0.29, 0.717) is 0 Å². The van der Waals surface area contributed by atoms with Gasteiger partial charge >= 0.3 is 0 Å². The summed E-state index contributed by atoms with van der Waals surface area (Å²) < 4.78 is 0. The Kier molecular flexibility index (Phi) is 9.87. The number of hydrogen-bond donors (Lipinski definition) is 0. The minimum absolute atomic E-state index is 0.865. The molecule has 1 saturated heterocycles. The summed E-state index contributed by atoms with van der Waals surface area (Å²) in [5.74, 6) is 0. The van der Waals surface area contributed by atoms with Crippen LogP contribution in [0, 0.1) is 4.91 Å². The minimum Gasteiger partial charge on any atom is -0.261 e. The lowest BCUT2D eigenvalue weighted by molar-refractivity contribution is 0.268. The second-order valence-electron chi connectivity index (χ2n) is 5.63. The van der Waals surface area contributed by atoms with Crippen molar-refractivity contribution in [3.63, 3.8) is 0 Å². The van der Waals surface area contributed by atoms with E-state index in [9.17, 15) is 4.91 Å².